The fourth-order valence-electron chi connectivity index (χ4n) is 3.22. The summed E-state index contributed by atoms with van der Waals surface area (Å²) < 4.78 is 38.8. The van der Waals surface area contributed by atoms with Crippen LogP contribution in [-0.2, 0) is 14.8 Å². The third-order valence-corrected chi connectivity index (χ3v) is 6.11. The summed E-state index contributed by atoms with van der Waals surface area (Å²) in [6.45, 7) is 7.49. The van der Waals surface area contributed by atoms with Gasteiger partial charge in [0.2, 0.25) is 0 Å². The number of anilines is 2. The molecule has 1 aliphatic heterocycles. The van der Waals surface area contributed by atoms with Gasteiger partial charge in [0.1, 0.15) is 5.75 Å². The molecule has 3 rings (SSSR count). The molecule has 7 heteroatoms. The summed E-state index contributed by atoms with van der Waals surface area (Å²) in [5, 5.41) is 0. The van der Waals surface area contributed by atoms with Crippen molar-refractivity contribution in [3.8, 4) is 5.75 Å². The Kier molecular flexibility index (Phi) is 5.62. The maximum absolute atomic E-state index is 12.7. The Bertz CT molecular complexity index is 897. The quantitative estimate of drug-likeness (QED) is 0.847. The third kappa shape index (κ3) is 4.36. The van der Waals surface area contributed by atoms with Crippen LogP contribution in [0.3, 0.4) is 0 Å². The molecular weight excluding hydrogens is 364 g/mol. The second kappa shape index (κ2) is 7.78. The lowest BCUT2D eigenvalue weighted by molar-refractivity contribution is 0.0344. The number of nitrogens with zero attached hydrogens (tertiary/aromatic N) is 1. The lowest BCUT2D eigenvalue weighted by Gasteiger charge is -2.38. The molecule has 0 saturated carbocycles. The van der Waals surface area contributed by atoms with Crippen LogP contribution in [0.25, 0.3) is 0 Å². The van der Waals surface area contributed by atoms with Crippen molar-refractivity contribution in [3.63, 3.8) is 0 Å². The van der Waals surface area contributed by atoms with Crippen molar-refractivity contribution < 1.29 is 17.9 Å². The number of hydrogen-bond acceptors (Lipinski definition) is 5. The molecule has 6 nitrogen and oxygen atoms in total. The Hall–Kier alpha value is -2.25. The van der Waals surface area contributed by atoms with E-state index in [0.29, 0.717) is 18.0 Å². The average Bonchev–Trinajstić information content (AvgIpc) is 2.64. The summed E-state index contributed by atoms with van der Waals surface area (Å²) in [6.07, 6.45) is 0.178. The van der Waals surface area contributed by atoms with E-state index in [2.05, 4.69) is 23.5 Å². The zero-order valence-electron chi connectivity index (χ0n) is 16.1. The molecule has 1 aliphatic rings. The molecule has 0 bridgehead atoms. The molecule has 2 aromatic carbocycles. The molecule has 0 spiro atoms. The molecule has 2 aromatic rings. The summed E-state index contributed by atoms with van der Waals surface area (Å²) >= 11 is 0. The molecule has 1 fully saturated rings. The van der Waals surface area contributed by atoms with E-state index < -0.39 is 10.0 Å². The largest absolute Gasteiger partial charge is 0.496 e. The van der Waals surface area contributed by atoms with Crippen molar-refractivity contribution in [2.75, 3.05) is 29.9 Å². The number of aryl methyl sites for hydroxylation is 1. The Morgan fingerprint density at radius 3 is 2.48 bits per heavy atom. The summed E-state index contributed by atoms with van der Waals surface area (Å²) in [4.78, 5) is 2.49. The van der Waals surface area contributed by atoms with Crippen LogP contribution in [0.1, 0.15) is 19.4 Å². The van der Waals surface area contributed by atoms with E-state index in [1.807, 2.05) is 19.1 Å². The number of methoxy groups -OCH3 is 1. The average molecular weight is 391 g/mol. The number of hydrogen-bond donors (Lipinski definition) is 1. The lowest BCUT2D eigenvalue weighted by atomic mass is 10.1. The minimum atomic E-state index is -3.66. The van der Waals surface area contributed by atoms with Gasteiger partial charge in [0.05, 0.1) is 24.7 Å². The molecule has 1 N–H and O–H groups in total. The van der Waals surface area contributed by atoms with Crippen LogP contribution in [0.4, 0.5) is 11.4 Å². The fourth-order valence-corrected chi connectivity index (χ4v) is 4.36. The summed E-state index contributed by atoms with van der Waals surface area (Å²) in [6, 6.07) is 12.5. The van der Waals surface area contributed by atoms with Gasteiger partial charge in [-0.15, -0.1) is 0 Å². The first-order chi connectivity index (χ1) is 12.8. The minimum Gasteiger partial charge on any atom is -0.496 e. The molecular formula is C20H26N2O4S. The first-order valence-electron chi connectivity index (χ1n) is 8.96. The van der Waals surface area contributed by atoms with Gasteiger partial charge in [-0.05, 0) is 68.8 Å². The highest BCUT2D eigenvalue weighted by Gasteiger charge is 2.23. The highest BCUT2D eigenvalue weighted by Crippen LogP contribution is 2.26. The highest BCUT2D eigenvalue weighted by atomic mass is 32.2. The molecule has 1 heterocycles. The third-order valence-electron chi connectivity index (χ3n) is 4.74. The molecule has 0 amide bonds. The van der Waals surface area contributed by atoms with Gasteiger partial charge in [0, 0.05) is 24.0 Å². The molecule has 27 heavy (non-hydrogen) atoms. The van der Waals surface area contributed by atoms with Crippen molar-refractivity contribution in [1.82, 2.24) is 0 Å². The Balaban J connectivity index is 1.76. The Morgan fingerprint density at radius 1 is 1.15 bits per heavy atom. The zero-order valence-corrected chi connectivity index (χ0v) is 16.9. The topological polar surface area (TPSA) is 67.9 Å². The number of benzene rings is 2. The lowest BCUT2D eigenvalue weighted by Crippen LogP contribution is -2.47. The predicted octanol–water partition coefficient (Wildman–Crippen LogP) is 3.42. The van der Waals surface area contributed by atoms with Crippen molar-refractivity contribution in [3.05, 3.63) is 48.0 Å². The van der Waals surface area contributed by atoms with E-state index >= 15 is 0 Å². The normalized spacial score (nSPS) is 20.4. The molecule has 2 unspecified atom stereocenters. The monoisotopic (exact) mass is 390 g/mol. The van der Waals surface area contributed by atoms with Crippen LogP contribution in [0.15, 0.2) is 47.4 Å². The first kappa shape index (κ1) is 19.5. The van der Waals surface area contributed by atoms with Crippen LogP contribution in [0.5, 0.6) is 5.75 Å². The molecule has 0 radical (unpaired) electrons. The van der Waals surface area contributed by atoms with Crippen molar-refractivity contribution in [1.29, 1.82) is 0 Å². The standard InChI is InChI=1S/C20H26N2O4S/c1-14-11-19(9-10-20(14)25-4)27(23,24)21-17-5-7-18(8-6-17)22-12-16(3)26-13-15(22)2/h5-11,15-16,21H,12-13H2,1-4H3. The molecule has 146 valence electrons. The second-order valence-corrected chi connectivity index (χ2v) is 8.61. The van der Waals surface area contributed by atoms with E-state index in [1.165, 1.54) is 0 Å². The summed E-state index contributed by atoms with van der Waals surface area (Å²) in [5.74, 6) is 0.659. The van der Waals surface area contributed by atoms with Gasteiger partial charge in [-0.3, -0.25) is 4.72 Å². The van der Waals surface area contributed by atoms with Gasteiger partial charge >= 0.3 is 0 Å². The fraction of sp³-hybridized carbons (Fsp3) is 0.400. The van der Waals surface area contributed by atoms with E-state index in [-0.39, 0.29) is 17.0 Å². The zero-order chi connectivity index (χ0) is 19.6. The van der Waals surface area contributed by atoms with Crippen molar-refractivity contribution in [2.45, 2.75) is 37.8 Å². The highest BCUT2D eigenvalue weighted by molar-refractivity contribution is 7.92. The van der Waals surface area contributed by atoms with Crippen LogP contribution in [0, 0.1) is 6.92 Å². The van der Waals surface area contributed by atoms with Crippen LogP contribution in [0.2, 0.25) is 0 Å². The van der Waals surface area contributed by atoms with Crippen LogP contribution < -0.4 is 14.4 Å². The van der Waals surface area contributed by atoms with Gasteiger partial charge in [-0.1, -0.05) is 0 Å². The SMILES string of the molecule is COc1ccc(S(=O)(=O)Nc2ccc(N3CC(C)OCC3C)cc2)cc1C. The smallest absolute Gasteiger partial charge is 0.261 e. The van der Waals surface area contributed by atoms with Gasteiger partial charge < -0.3 is 14.4 Å². The van der Waals surface area contributed by atoms with E-state index in [4.69, 9.17) is 9.47 Å². The summed E-state index contributed by atoms with van der Waals surface area (Å²) in [5.41, 5.74) is 2.35. The number of nitrogens with one attached hydrogen (secondary N) is 1. The second-order valence-electron chi connectivity index (χ2n) is 6.93. The van der Waals surface area contributed by atoms with E-state index in [1.54, 1.807) is 37.4 Å². The maximum Gasteiger partial charge on any atom is 0.261 e. The molecule has 2 atom stereocenters. The number of sulfonamides is 1. The number of rotatable bonds is 5. The van der Waals surface area contributed by atoms with E-state index in [9.17, 15) is 8.42 Å². The summed E-state index contributed by atoms with van der Waals surface area (Å²) in [7, 11) is -2.10. The Labute approximate surface area is 161 Å². The number of morpholine rings is 1. The molecule has 0 aromatic heterocycles. The van der Waals surface area contributed by atoms with Gasteiger partial charge in [0.25, 0.3) is 10.0 Å². The van der Waals surface area contributed by atoms with Gasteiger partial charge in [-0.2, -0.15) is 0 Å². The predicted molar refractivity (Wildman–Crippen MR) is 107 cm³/mol. The molecule has 1 saturated heterocycles. The first-order valence-corrected chi connectivity index (χ1v) is 10.4. The van der Waals surface area contributed by atoms with Crippen molar-refractivity contribution in [2.24, 2.45) is 0 Å². The Morgan fingerprint density at radius 2 is 1.85 bits per heavy atom. The van der Waals surface area contributed by atoms with Crippen LogP contribution in [-0.4, -0.2) is 40.8 Å². The van der Waals surface area contributed by atoms with Crippen LogP contribution >= 0.6 is 0 Å². The van der Waals surface area contributed by atoms with Crippen molar-refractivity contribution >= 4 is 21.4 Å². The van der Waals surface area contributed by atoms with Gasteiger partial charge in [0.15, 0.2) is 0 Å². The maximum atomic E-state index is 12.7. The van der Waals surface area contributed by atoms with E-state index in [0.717, 1.165) is 17.8 Å². The number of ether oxygens (including phenoxy) is 2. The van der Waals surface area contributed by atoms with Gasteiger partial charge in [-0.25, -0.2) is 8.42 Å². The minimum absolute atomic E-state index is 0.178. The molecule has 0 aliphatic carbocycles.